The number of nitrogens with zero attached hydrogens (tertiary/aromatic N) is 3. The highest BCUT2D eigenvalue weighted by Gasteiger charge is 2.29. The van der Waals surface area contributed by atoms with Crippen LogP contribution in [-0.2, 0) is 40.8 Å². The van der Waals surface area contributed by atoms with E-state index in [0.717, 1.165) is 39.5 Å². The smallest absolute Gasteiger partial charge is 0.166 e. The third-order valence-electron chi connectivity index (χ3n) is 7.95. The van der Waals surface area contributed by atoms with Gasteiger partial charge in [0.1, 0.15) is 47.2 Å². The number of aromatic nitrogens is 3. The van der Waals surface area contributed by atoms with E-state index in [1.807, 2.05) is 79.7 Å². The van der Waals surface area contributed by atoms with Crippen LogP contribution in [0.1, 0.15) is 22.3 Å². The van der Waals surface area contributed by atoms with Gasteiger partial charge in [0.25, 0.3) is 0 Å². The third-order valence-corrected chi connectivity index (χ3v) is 11.0. The lowest BCUT2D eigenvalue weighted by atomic mass is 10.2. The van der Waals surface area contributed by atoms with E-state index < -0.39 is 10.1 Å². The van der Waals surface area contributed by atoms with Gasteiger partial charge in [-0.3, -0.25) is 15.0 Å². The van der Waals surface area contributed by atoms with Crippen molar-refractivity contribution < 1.29 is 27.2 Å². The van der Waals surface area contributed by atoms with Crippen LogP contribution in [0.5, 0.6) is 17.2 Å². The molecule has 0 atom stereocenters. The first-order chi connectivity index (χ1) is 26.3. The summed E-state index contributed by atoms with van der Waals surface area (Å²) in [6.07, 6.45) is 10.7. The largest absolute Gasteiger partial charge is 0.744 e. The Labute approximate surface area is 318 Å². The number of rotatable bonds is 13. The predicted molar refractivity (Wildman–Crippen MR) is 206 cm³/mol. The fraction of sp³-hybridized carbons (Fsp3) is 0.0930. The minimum absolute atomic E-state index is 0.178. The average Bonchev–Trinajstić information content (AvgIpc) is 3.21. The number of benzene rings is 4. The number of aryl methyl sites for hydroxylation is 1. The number of pyridine rings is 3. The van der Waals surface area contributed by atoms with Gasteiger partial charge in [0.15, 0.2) is 14.7 Å². The molecule has 0 unspecified atom stereocenters. The lowest BCUT2D eigenvalue weighted by Gasteiger charge is -2.12. The van der Waals surface area contributed by atoms with Gasteiger partial charge in [0.05, 0.1) is 15.8 Å². The first-order valence-electron chi connectivity index (χ1n) is 16.9. The van der Waals surface area contributed by atoms with E-state index in [2.05, 4.69) is 51.4 Å². The molecule has 0 amide bonds. The van der Waals surface area contributed by atoms with E-state index >= 15 is 0 Å². The summed E-state index contributed by atoms with van der Waals surface area (Å²) >= 11 is 0. The number of ether oxygens (including phenoxy) is 3. The maximum absolute atomic E-state index is 10.4. The Kier molecular flexibility index (Phi) is 13.0. The normalized spacial score (nSPS) is 10.9. The second-order valence-corrected chi connectivity index (χ2v) is 15.3. The molecule has 0 aliphatic heterocycles. The maximum Gasteiger partial charge on any atom is 0.166 e. The Bertz CT molecular complexity index is 2070. The monoisotopic (exact) mass is 755 g/mol. The van der Waals surface area contributed by atoms with Crippen molar-refractivity contribution in [3.8, 4) is 17.2 Å². The van der Waals surface area contributed by atoms with Gasteiger partial charge < -0.3 is 18.8 Å². The van der Waals surface area contributed by atoms with Crippen molar-refractivity contribution in [1.82, 2.24) is 15.0 Å². The highest BCUT2D eigenvalue weighted by molar-refractivity contribution is 7.97. The quantitative estimate of drug-likeness (QED) is 0.0841. The molecule has 0 spiro atoms. The van der Waals surface area contributed by atoms with E-state index in [1.165, 1.54) is 26.8 Å². The Morgan fingerprint density at radius 1 is 0.463 bits per heavy atom. The summed E-state index contributed by atoms with van der Waals surface area (Å²) in [7, 11) is -4.62. The zero-order chi connectivity index (χ0) is 37.6. The molecule has 9 nitrogen and oxygen atoms in total. The lowest BCUT2D eigenvalue weighted by molar-refractivity contribution is 0.306. The Balaban J connectivity index is 0.000000389. The second-order valence-electron chi connectivity index (χ2n) is 11.9. The van der Waals surface area contributed by atoms with Crippen LogP contribution in [0.25, 0.3) is 0 Å². The Morgan fingerprint density at radius 3 is 1.04 bits per heavy atom. The molecular formula is C43H37N3O6S2. The fourth-order valence-corrected chi connectivity index (χ4v) is 7.58. The SMILES string of the molecule is Cc1ccc(S(=O)(=O)[O-])cc1.c1cc(COc2ccc([S+](c3ccc(OCc4ccncc4)cc3)c3ccc(OCc4ccncc4)cc3)cc2)ccn1. The van der Waals surface area contributed by atoms with E-state index in [0.29, 0.717) is 19.8 Å². The summed E-state index contributed by atoms with van der Waals surface area (Å²) in [5, 5.41) is 0. The van der Waals surface area contributed by atoms with Crippen LogP contribution >= 0.6 is 0 Å². The van der Waals surface area contributed by atoms with Crippen molar-refractivity contribution in [1.29, 1.82) is 0 Å². The molecule has 0 aliphatic carbocycles. The molecule has 0 fully saturated rings. The van der Waals surface area contributed by atoms with Crippen LogP contribution in [0, 0.1) is 6.92 Å². The van der Waals surface area contributed by atoms with Crippen LogP contribution in [0.4, 0.5) is 0 Å². The van der Waals surface area contributed by atoms with Crippen molar-refractivity contribution in [3.05, 3.63) is 193 Å². The van der Waals surface area contributed by atoms with Gasteiger partial charge in [0.2, 0.25) is 0 Å². The van der Waals surface area contributed by atoms with Crippen molar-refractivity contribution >= 4 is 21.0 Å². The van der Waals surface area contributed by atoms with Crippen molar-refractivity contribution in [3.63, 3.8) is 0 Å². The van der Waals surface area contributed by atoms with Crippen LogP contribution in [0.3, 0.4) is 0 Å². The number of hydrogen-bond acceptors (Lipinski definition) is 9. The minimum Gasteiger partial charge on any atom is -0.744 e. The van der Waals surface area contributed by atoms with Crippen LogP contribution in [0.2, 0.25) is 0 Å². The van der Waals surface area contributed by atoms with Crippen LogP contribution < -0.4 is 14.2 Å². The molecule has 272 valence electrons. The molecule has 0 N–H and O–H groups in total. The molecule has 0 radical (unpaired) electrons. The van der Waals surface area contributed by atoms with E-state index in [1.54, 1.807) is 49.3 Å². The molecule has 11 heteroatoms. The molecule has 4 aromatic carbocycles. The van der Waals surface area contributed by atoms with Crippen LogP contribution in [0.15, 0.2) is 190 Å². The summed E-state index contributed by atoms with van der Waals surface area (Å²) in [6, 6.07) is 42.6. The van der Waals surface area contributed by atoms with E-state index in [-0.39, 0.29) is 15.8 Å². The average molecular weight is 756 g/mol. The molecule has 54 heavy (non-hydrogen) atoms. The zero-order valence-electron chi connectivity index (χ0n) is 29.4. The Hall–Kier alpha value is -6.01. The summed E-state index contributed by atoms with van der Waals surface area (Å²) < 4.78 is 49.3. The molecule has 3 heterocycles. The highest BCUT2D eigenvalue weighted by atomic mass is 32.2. The van der Waals surface area contributed by atoms with Crippen molar-refractivity contribution in [2.75, 3.05) is 0 Å². The van der Waals surface area contributed by atoms with Gasteiger partial charge in [-0.05, 0) is 145 Å². The maximum atomic E-state index is 10.4. The van der Waals surface area contributed by atoms with Gasteiger partial charge in [-0.1, -0.05) is 17.7 Å². The van der Waals surface area contributed by atoms with Gasteiger partial charge in [-0.2, -0.15) is 0 Å². The molecule has 0 bridgehead atoms. The van der Waals surface area contributed by atoms with Gasteiger partial charge >= 0.3 is 0 Å². The molecule has 0 aliphatic rings. The lowest BCUT2D eigenvalue weighted by Crippen LogP contribution is -2.05. The first kappa shape index (κ1) is 37.7. The van der Waals surface area contributed by atoms with Crippen molar-refractivity contribution in [2.45, 2.75) is 46.3 Å². The fourth-order valence-electron chi connectivity index (χ4n) is 5.07. The van der Waals surface area contributed by atoms with Gasteiger partial charge in [-0.15, -0.1) is 0 Å². The molecule has 7 aromatic rings. The third kappa shape index (κ3) is 11.2. The standard InChI is InChI=1S/C36H30N3O3S.C7H8O3S/c1-7-34(8-2-31(1)40-25-28-13-19-37-20-14-28)43(35-9-3-32(4-10-35)41-26-29-15-21-38-22-16-29)36-11-5-33(6-12-36)42-27-30-17-23-39-24-18-30;1-6-2-4-7(5-3-6)11(8,9)10/h1-24H,25-27H2;2-5H,1H3,(H,8,9,10)/q+1;/p-1. The molecule has 3 aromatic heterocycles. The molecule has 0 saturated heterocycles. The van der Waals surface area contributed by atoms with Crippen molar-refractivity contribution in [2.24, 2.45) is 0 Å². The summed E-state index contributed by atoms with van der Waals surface area (Å²) in [5.41, 5.74) is 4.17. The summed E-state index contributed by atoms with van der Waals surface area (Å²) in [6.45, 7) is 3.31. The predicted octanol–water partition coefficient (Wildman–Crippen LogP) is 8.60. The minimum atomic E-state index is -4.27. The highest BCUT2D eigenvalue weighted by Crippen LogP contribution is 2.34. The summed E-state index contributed by atoms with van der Waals surface area (Å²) in [4.78, 5) is 15.6. The van der Waals surface area contributed by atoms with E-state index in [4.69, 9.17) is 14.2 Å². The van der Waals surface area contributed by atoms with Gasteiger partial charge in [-0.25, -0.2) is 8.42 Å². The van der Waals surface area contributed by atoms with Gasteiger partial charge in [0, 0.05) is 37.2 Å². The second kappa shape index (κ2) is 18.7. The topological polar surface area (TPSA) is 124 Å². The zero-order valence-corrected chi connectivity index (χ0v) is 31.0. The molecule has 7 rings (SSSR count). The molecular weight excluding hydrogens is 719 g/mol. The van der Waals surface area contributed by atoms with Crippen LogP contribution in [-0.4, -0.2) is 27.9 Å². The summed E-state index contributed by atoms with van der Waals surface area (Å²) in [5.74, 6) is 2.47. The number of hydrogen-bond donors (Lipinski definition) is 0. The molecule has 0 saturated carbocycles. The Morgan fingerprint density at radius 2 is 0.759 bits per heavy atom. The first-order valence-corrected chi connectivity index (χ1v) is 19.6. The van der Waals surface area contributed by atoms with E-state index in [9.17, 15) is 13.0 Å².